The summed E-state index contributed by atoms with van der Waals surface area (Å²) in [6.45, 7) is 9.75. The number of amides is 2. The van der Waals surface area contributed by atoms with Gasteiger partial charge in [0.05, 0.1) is 19.7 Å². The molecular weight excluding hydrogens is 478 g/mol. The first-order chi connectivity index (χ1) is 17.3. The summed E-state index contributed by atoms with van der Waals surface area (Å²) in [4.78, 5) is 26.5. The fourth-order valence-corrected chi connectivity index (χ4v) is 4.18. The first kappa shape index (κ1) is 25.7. The zero-order valence-electron chi connectivity index (χ0n) is 20.9. The van der Waals surface area contributed by atoms with E-state index in [1.54, 1.807) is 10.7 Å². The normalized spacial score (nSPS) is 14.1. The molecule has 1 saturated heterocycles. The Morgan fingerprint density at radius 1 is 1.17 bits per heavy atom. The van der Waals surface area contributed by atoms with Crippen LogP contribution in [0.3, 0.4) is 0 Å². The first-order valence-electron chi connectivity index (χ1n) is 12.1. The predicted molar refractivity (Wildman–Crippen MR) is 141 cm³/mol. The molecule has 1 aromatic heterocycles. The summed E-state index contributed by atoms with van der Waals surface area (Å²) in [6.07, 6.45) is 0. The molecule has 2 N–H and O–H groups in total. The molecule has 1 aliphatic rings. The molecule has 0 atom stereocenters. The number of aryl methyl sites for hydroxylation is 1. The lowest BCUT2D eigenvalue weighted by Gasteiger charge is -2.26. The van der Waals surface area contributed by atoms with Crippen LogP contribution in [0.2, 0.25) is 5.02 Å². The van der Waals surface area contributed by atoms with Gasteiger partial charge in [-0.05, 0) is 54.8 Å². The van der Waals surface area contributed by atoms with Gasteiger partial charge in [-0.2, -0.15) is 5.10 Å². The quantitative estimate of drug-likeness (QED) is 0.453. The lowest BCUT2D eigenvalue weighted by atomic mass is 10.2. The summed E-state index contributed by atoms with van der Waals surface area (Å²) in [5.74, 6) is 0.934. The van der Waals surface area contributed by atoms with Crippen molar-refractivity contribution in [3.05, 3.63) is 76.1 Å². The van der Waals surface area contributed by atoms with Crippen molar-refractivity contribution in [3.8, 4) is 5.75 Å². The van der Waals surface area contributed by atoms with Crippen molar-refractivity contribution in [2.24, 2.45) is 5.92 Å². The molecule has 9 heteroatoms. The van der Waals surface area contributed by atoms with Crippen LogP contribution >= 0.6 is 11.6 Å². The Morgan fingerprint density at radius 3 is 2.67 bits per heavy atom. The van der Waals surface area contributed by atoms with Gasteiger partial charge in [-0.15, -0.1) is 0 Å². The van der Waals surface area contributed by atoms with Gasteiger partial charge in [0, 0.05) is 41.6 Å². The van der Waals surface area contributed by atoms with Crippen LogP contribution in [0.15, 0.2) is 48.5 Å². The van der Waals surface area contributed by atoms with E-state index in [2.05, 4.69) is 34.5 Å². The van der Waals surface area contributed by atoms with Crippen molar-refractivity contribution < 1.29 is 14.3 Å². The summed E-state index contributed by atoms with van der Waals surface area (Å²) < 4.78 is 7.74. The van der Waals surface area contributed by atoms with Crippen molar-refractivity contribution in [2.75, 3.05) is 31.6 Å². The zero-order chi connectivity index (χ0) is 25.7. The highest BCUT2D eigenvalue weighted by Gasteiger charge is 2.17. The minimum atomic E-state index is -0.278. The van der Waals surface area contributed by atoms with Gasteiger partial charge in [0.1, 0.15) is 5.75 Å². The number of hydrogen-bond donors (Lipinski definition) is 2. The minimum absolute atomic E-state index is 0.0505. The van der Waals surface area contributed by atoms with Gasteiger partial charge >= 0.3 is 0 Å². The highest BCUT2D eigenvalue weighted by atomic mass is 35.5. The Labute approximate surface area is 216 Å². The Kier molecular flexibility index (Phi) is 8.28. The predicted octanol–water partition coefficient (Wildman–Crippen LogP) is 4.11. The maximum atomic E-state index is 12.9. The number of nitrogens with zero attached hydrogens (tertiary/aromatic N) is 3. The second-order valence-corrected chi connectivity index (χ2v) is 9.93. The molecular formula is C27H32ClN5O3. The van der Waals surface area contributed by atoms with Gasteiger partial charge in [-0.3, -0.25) is 19.2 Å². The van der Waals surface area contributed by atoms with Gasteiger partial charge in [-0.1, -0.05) is 37.6 Å². The number of ether oxygens (including phenoxy) is 1. The smallest absolute Gasteiger partial charge is 0.276 e. The van der Waals surface area contributed by atoms with Crippen LogP contribution in [0.1, 0.15) is 41.2 Å². The lowest BCUT2D eigenvalue weighted by molar-refractivity contribution is -0.124. The third-order valence-electron chi connectivity index (χ3n) is 5.86. The standard InChI is InChI=1S/C27H32ClN5O3/c1-18(2)17-36-25-9-6-22(28)13-21(25)15-33-19(3)12-24(31-33)27(35)30-23-7-4-20(5-8-23)14-32-11-10-29-26(34)16-32/h4-9,12-13,18H,10-11,14-17H2,1-3H3,(H,29,34)(H,30,35). The summed E-state index contributed by atoms with van der Waals surface area (Å²) in [5, 5.41) is 10.9. The first-order valence-corrected chi connectivity index (χ1v) is 12.5. The van der Waals surface area contributed by atoms with Crippen molar-refractivity contribution in [3.63, 3.8) is 0 Å². The molecule has 2 amide bonds. The fraction of sp³-hybridized carbons (Fsp3) is 0.370. The zero-order valence-corrected chi connectivity index (χ0v) is 21.6. The third-order valence-corrected chi connectivity index (χ3v) is 6.10. The van der Waals surface area contributed by atoms with E-state index in [0.29, 0.717) is 55.1 Å². The van der Waals surface area contributed by atoms with E-state index in [4.69, 9.17) is 16.3 Å². The molecule has 0 bridgehead atoms. The molecule has 3 aromatic rings. The van der Waals surface area contributed by atoms with Crippen LogP contribution in [-0.4, -0.2) is 52.7 Å². The van der Waals surface area contributed by atoms with Gasteiger partial charge in [0.2, 0.25) is 5.91 Å². The van der Waals surface area contributed by atoms with E-state index in [-0.39, 0.29) is 11.8 Å². The van der Waals surface area contributed by atoms with E-state index in [9.17, 15) is 9.59 Å². The van der Waals surface area contributed by atoms with Crippen LogP contribution in [0.5, 0.6) is 5.75 Å². The number of aromatic nitrogens is 2. The molecule has 190 valence electrons. The average molecular weight is 510 g/mol. The number of rotatable bonds is 9. The molecule has 0 radical (unpaired) electrons. The molecule has 0 spiro atoms. The number of halogens is 1. The summed E-state index contributed by atoms with van der Waals surface area (Å²) >= 11 is 6.23. The van der Waals surface area contributed by atoms with E-state index >= 15 is 0 Å². The van der Waals surface area contributed by atoms with Crippen LogP contribution < -0.4 is 15.4 Å². The number of hydrogen-bond acceptors (Lipinski definition) is 5. The largest absolute Gasteiger partial charge is 0.493 e. The molecule has 0 unspecified atom stereocenters. The summed E-state index contributed by atoms with van der Waals surface area (Å²) in [6, 6.07) is 15.0. The van der Waals surface area contributed by atoms with E-state index in [1.807, 2.05) is 49.4 Å². The summed E-state index contributed by atoms with van der Waals surface area (Å²) in [7, 11) is 0. The monoisotopic (exact) mass is 509 g/mol. The second-order valence-electron chi connectivity index (χ2n) is 9.50. The summed E-state index contributed by atoms with van der Waals surface area (Å²) in [5.41, 5.74) is 3.87. The van der Waals surface area contributed by atoms with Crippen molar-refractivity contribution in [1.82, 2.24) is 20.0 Å². The Hall–Kier alpha value is -3.36. The number of carbonyl (C=O) groups excluding carboxylic acids is 2. The van der Waals surface area contributed by atoms with Crippen molar-refractivity contribution in [1.29, 1.82) is 0 Å². The lowest BCUT2D eigenvalue weighted by Crippen LogP contribution is -2.47. The molecule has 36 heavy (non-hydrogen) atoms. The van der Waals surface area contributed by atoms with Gasteiger partial charge in [0.15, 0.2) is 5.69 Å². The van der Waals surface area contributed by atoms with Crippen molar-refractivity contribution in [2.45, 2.75) is 33.9 Å². The Balaban J connectivity index is 1.40. The number of nitrogens with one attached hydrogen (secondary N) is 2. The molecule has 1 fully saturated rings. The number of anilines is 1. The number of benzene rings is 2. The number of piperazine rings is 1. The third kappa shape index (κ3) is 6.86. The molecule has 4 rings (SSSR count). The topological polar surface area (TPSA) is 88.5 Å². The van der Waals surface area contributed by atoms with Gasteiger partial charge in [0.25, 0.3) is 5.91 Å². The van der Waals surface area contributed by atoms with Crippen LogP contribution in [0.4, 0.5) is 5.69 Å². The van der Waals surface area contributed by atoms with Crippen LogP contribution in [0, 0.1) is 12.8 Å². The SMILES string of the molecule is Cc1cc(C(=O)Nc2ccc(CN3CCNC(=O)C3)cc2)nn1Cc1cc(Cl)ccc1OCC(C)C. The molecule has 2 aromatic carbocycles. The number of carbonyl (C=O) groups is 2. The maximum Gasteiger partial charge on any atom is 0.276 e. The minimum Gasteiger partial charge on any atom is -0.493 e. The maximum absolute atomic E-state index is 12.9. The second kappa shape index (κ2) is 11.6. The van der Waals surface area contributed by atoms with Gasteiger partial charge < -0.3 is 15.4 Å². The highest BCUT2D eigenvalue weighted by Crippen LogP contribution is 2.25. The molecule has 1 aliphatic heterocycles. The molecule has 0 aliphatic carbocycles. The van der Waals surface area contributed by atoms with E-state index < -0.39 is 0 Å². The van der Waals surface area contributed by atoms with Crippen molar-refractivity contribution >= 4 is 29.1 Å². The average Bonchev–Trinajstić information content (AvgIpc) is 3.20. The van der Waals surface area contributed by atoms with Crippen LogP contribution in [-0.2, 0) is 17.9 Å². The fourth-order valence-electron chi connectivity index (χ4n) is 3.98. The molecule has 8 nitrogen and oxygen atoms in total. The molecule has 0 saturated carbocycles. The van der Waals surface area contributed by atoms with E-state index in [1.165, 1.54) is 0 Å². The Bertz CT molecular complexity index is 1220. The van der Waals surface area contributed by atoms with Gasteiger partial charge in [-0.25, -0.2) is 0 Å². The van der Waals surface area contributed by atoms with E-state index in [0.717, 1.165) is 29.1 Å². The Morgan fingerprint density at radius 2 is 1.94 bits per heavy atom. The molecule has 2 heterocycles. The van der Waals surface area contributed by atoms with Crippen LogP contribution in [0.25, 0.3) is 0 Å². The highest BCUT2D eigenvalue weighted by molar-refractivity contribution is 6.30.